The first-order chi connectivity index (χ1) is 12.0. The number of hydrogen-bond donors (Lipinski definition) is 1. The molecule has 3 rings (SSSR count). The third kappa shape index (κ3) is 4.15. The molecule has 1 aromatic carbocycles. The summed E-state index contributed by atoms with van der Waals surface area (Å²) >= 11 is 0. The van der Waals surface area contributed by atoms with Crippen LogP contribution in [0.3, 0.4) is 0 Å². The molecule has 1 aromatic rings. The summed E-state index contributed by atoms with van der Waals surface area (Å²) in [5.74, 6) is 1.06. The van der Waals surface area contributed by atoms with Crippen LogP contribution in [0, 0.1) is 5.92 Å². The highest BCUT2D eigenvalue weighted by molar-refractivity contribution is 5.76. The van der Waals surface area contributed by atoms with Crippen molar-refractivity contribution in [2.24, 2.45) is 5.92 Å². The van der Waals surface area contributed by atoms with Crippen LogP contribution in [0.1, 0.15) is 32.3 Å². The fourth-order valence-electron chi connectivity index (χ4n) is 4.03. The van der Waals surface area contributed by atoms with E-state index in [-0.39, 0.29) is 11.3 Å². The Kier molecular flexibility index (Phi) is 5.64. The number of nitrogens with zero attached hydrogens (tertiary/aromatic N) is 2. The first kappa shape index (κ1) is 18.2. The largest absolute Gasteiger partial charge is 0.508 e. The van der Waals surface area contributed by atoms with Crippen LogP contribution < -0.4 is 0 Å². The molecule has 0 aliphatic carbocycles. The SMILES string of the molecule is C[C@H]1CN(CCC(=O)N2CCOCC2)CC[C@]1(C)c1cccc(O)c1. The summed E-state index contributed by atoms with van der Waals surface area (Å²) in [7, 11) is 0. The maximum Gasteiger partial charge on any atom is 0.224 e. The summed E-state index contributed by atoms with van der Waals surface area (Å²) in [5.41, 5.74) is 1.28. The van der Waals surface area contributed by atoms with Gasteiger partial charge < -0.3 is 19.6 Å². The van der Waals surface area contributed by atoms with E-state index in [0.717, 1.165) is 39.1 Å². The summed E-state index contributed by atoms with van der Waals surface area (Å²) in [6.45, 7) is 10.2. The second-order valence-corrected chi connectivity index (χ2v) is 7.66. The Morgan fingerprint density at radius 1 is 1.32 bits per heavy atom. The van der Waals surface area contributed by atoms with Gasteiger partial charge in [0.2, 0.25) is 5.91 Å². The van der Waals surface area contributed by atoms with Gasteiger partial charge >= 0.3 is 0 Å². The zero-order valence-corrected chi connectivity index (χ0v) is 15.4. The zero-order valence-electron chi connectivity index (χ0n) is 15.4. The van der Waals surface area contributed by atoms with E-state index in [9.17, 15) is 9.90 Å². The topological polar surface area (TPSA) is 53.0 Å². The van der Waals surface area contributed by atoms with Gasteiger partial charge in [0, 0.05) is 32.6 Å². The molecule has 25 heavy (non-hydrogen) atoms. The van der Waals surface area contributed by atoms with Crippen molar-refractivity contribution in [2.45, 2.75) is 32.1 Å². The molecule has 2 aliphatic rings. The summed E-state index contributed by atoms with van der Waals surface area (Å²) in [6.07, 6.45) is 1.64. The summed E-state index contributed by atoms with van der Waals surface area (Å²) < 4.78 is 5.31. The molecule has 2 aliphatic heterocycles. The molecule has 5 heteroatoms. The number of ether oxygens (including phenoxy) is 1. The Balaban J connectivity index is 1.53. The van der Waals surface area contributed by atoms with Crippen LogP contribution in [0.15, 0.2) is 24.3 Å². The molecule has 138 valence electrons. The third-order valence-electron chi connectivity index (χ3n) is 6.08. The van der Waals surface area contributed by atoms with Gasteiger partial charge in [0.1, 0.15) is 5.75 Å². The quantitative estimate of drug-likeness (QED) is 0.908. The number of benzene rings is 1. The average molecular weight is 346 g/mol. The minimum atomic E-state index is 0.0729. The molecule has 0 saturated carbocycles. The Morgan fingerprint density at radius 2 is 2.08 bits per heavy atom. The van der Waals surface area contributed by atoms with Gasteiger partial charge in [0.15, 0.2) is 0 Å². The second-order valence-electron chi connectivity index (χ2n) is 7.66. The first-order valence-corrected chi connectivity index (χ1v) is 9.36. The van der Waals surface area contributed by atoms with Crippen molar-refractivity contribution >= 4 is 5.91 Å². The number of likely N-dealkylation sites (tertiary alicyclic amines) is 1. The van der Waals surface area contributed by atoms with E-state index in [0.29, 0.717) is 31.3 Å². The van der Waals surface area contributed by atoms with E-state index >= 15 is 0 Å². The minimum absolute atomic E-state index is 0.0729. The number of phenolic OH excluding ortho intramolecular Hbond substituents is 1. The molecule has 0 radical (unpaired) electrons. The van der Waals surface area contributed by atoms with Crippen molar-refractivity contribution in [3.05, 3.63) is 29.8 Å². The van der Waals surface area contributed by atoms with Gasteiger partial charge in [0.25, 0.3) is 0 Å². The predicted octanol–water partition coefficient (Wildman–Crippen LogP) is 2.24. The van der Waals surface area contributed by atoms with Gasteiger partial charge in [-0.25, -0.2) is 0 Å². The standard InChI is InChI=1S/C20H30N2O3/c1-16-15-21(8-6-19(24)22-10-12-25-13-11-22)9-7-20(16,2)17-4-3-5-18(23)14-17/h3-5,14,16,23H,6-13,15H2,1-2H3/t16-,20-/m0/s1. The van der Waals surface area contributed by atoms with Crippen LogP contribution >= 0.6 is 0 Å². The molecule has 2 heterocycles. The second kappa shape index (κ2) is 7.75. The molecule has 0 bridgehead atoms. The van der Waals surface area contributed by atoms with Crippen molar-refractivity contribution in [2.75, 3.05) is 45.9 Å². The van der Waals surface area contributed by atoms with Crippen LogP contribution in [0.5, 0.6) is 5.75 Å². The monoisotopic (exact) mass is 346 g/mol. The number of carbonyl (C=O) groups excluding carboxylic acids is 1. The van der Waals surface area contributed by atoms with E-state index in [2.05, 4.69) is 24.8 Å². The summed E-state index contributed by atoms with van der Waals surface area (Å²) in [6, 6.07) is 7.67. The maximum absolute atomic E-state index is 12.3. The molecular weight excluding hydrogens is 316 g/mol. The van der Waals surface area contributed by atoms with Crippen LogP contribution in [-0.2, 0) is 14.9 Å². The lowest BCUT2D eigenvalue weighted by atomic mass is 9.68. The number of piperidine rings is 1. The van der Waals surface area contributed by atoms with Gasteiger partial charge in [-0.15, -0.1) is 0 Å². The van der Waals surface area contributed by atoms with Gasteiger partial charge in [0.05, 0.1) is 13.2 Å². The molecule has 5 nitrogen and oxygen atoms in total. The molecule has 2 atom stereocenters. The number of rotatable bonds is 4. The van der Waals surface area contributed by atoms with E-state index in [1.54, 1.807) is 6.07 Å². The highest BCUT2D eigenvalue weighted by atomic mass is 16.5. The number of morpholine rings is 1. The first-order valence-electron chi connectivity index (χ1n) is 9.36. The van der Waals surface area contributed by atoms with Crippen molar-refractivity contribution in [1.29, 1.82) is 0 Å². The third-order valence-corrected chi connectivity index (χ3v) is 6.08. The van der Waals surface area contributed by atoms with Crippen molar-refractivity contribution in [3.63, 3.8) is 0 Å². The van der Waals surface area contributed by atoms with Gasteiger partial charge in [-0.2, -0.15) is 0 Å². The number of aromatic hydroxyl groups is 1. The van der Waals surface area contributed by atoms with Crippen molar-refractivity contribution in [3.8, 4) is 5.75 Å². The zero-order chi connectivity index (χ0) is 17.9. The van der Waals surface area contributed by atoms with E-state index in [4.69, 9.17) is 4.74 Å². The molecule has 1 N–H and O–H groups in total. The Hall–Kier alpha value is -1.59. The van der Waals surface area contributed by atoms with Crippen LogP contribution in [-0.4, -0.2) is 66.8 Å². The van der Waals surface area contributed by atoms with Crippen molar-refractivity contribution < 1.29 is 14.6 Å². The van der Waals surface area contributed by atoms with E-state index in [1.807, 2.05) is 17.0 Å². The Bertz CT molecular complexity index is 600. The number of amides is 1. The van der Waals surface area contributed by atoms with Crippen LogP contribution in [0.25, 0.3) is 0 Å². The Labute approximate surface area is 150 Å². The van der Waals surface area contributed by atoms with E-state index in [1.165, 1.54) is 5.56 Å². The van der Waals surface area contributed by atoms with Crippen molar-refractivity contribution in [1.82, 2.24) is 9.80 Å². The lowest BCUT2D eigenvalue weighted by molar-refractivity contribution is -0.135. The Morgan fingerprint density at radius 3 is 2.76 bits per heavy atom. The molecule has 2 fully saturated rings. The maximum atomic E-state index is 12.3. The normalized spacial score (nSPS) is 28.1. The lowest BCUT2D eigenvalue weighted by Gasteiger charge is -2.45. The smallest absolute Gasteiger partial charge is 0.224 e. The van der Waals surface area contributed by atoms with Gasteiger partial charge in [-0.1, -0.05) is 26.0 Å². The van der Waals surface area contributed by atoms with Gasteiger partial charge in [-0.05, 0) is 42.0 Å². The highest BCUT2D eigenvalue weighted by Crippen LogP contribution is 2.40. The molecule has 0 unspecified atom stereocenters. The highest BCUT2D eigenvalue weighted by Gasteiger charge is 2.38. The fraction of sp³-hybridized carbons (Fsp3) is 0.650. The number of carbonyl (C=O) groups is 1. The lowest BCUT2D eigenvalue weighted by Crippen LogP contribution is -2.48. The van der Waals surface area contributed by atoms with Gasteiger partial charge in [-0.3, -0.25) is 4.79 Å². The predicted molar refractivity (Wildman–Crippen MR) is 97.7 cm³/mol. The molecular formula is C20H30N2O3. The molecule has 1 amide bonds. The number of hydrogen-bond acceptors (Lipinski definition) is 4. The minimum Gasteiger partial charge on any atom is -0.508 e. The molecule has 0 aromatic heterocycles. The van der Waals surface area contributed by atoms with Crippen LogP contribution in [0.4, 0.5) is 0 Å². The summed E-state index contributed by atoms with van der Waals surface area (Å²) in [4.78, 5) is 16.7. The molecule has 0 spiro atoms. The summed E-state index contributed by atoms with van der Waals surface area (Å²) in [5, 5.41) is 9.80. The fourth-order valence-corrected chi connectivity index (χ4v) is 4.03. The van der Waals surface area contributed by atoms with E-state index < -0.39 is 0 Å². The van der Waals surface area contributed by atoms with Crippen LogP contribution in [0.2, 0.25) is 0 Å². The number of phenols is 1. The average Bonchev–Trinajstić information content (AvgIpc) is 2.63. The molecule has 2 saturated heterocycles.